The lowest BCUT2D eigenvalue weighted by molar-refractivity contribution is -0.154. The van der Waals surface area contributed by atoms with Gasteiger partial charge in [0.05, 0.1) is 5.41 Å². The molecule has 0 amide bonds. The minimum atomic E-state index is -0.181. The summed E-state index contributed by atoms with van der Waals surface area (Å²) >= 11 is 2.11. The number of alkyl halides is 1. The fourth-order valence-electron chi connectivity index (χ4n) is 1.65. The summed E-state index contributed by atoms with van der Waals surface area (Å²) in [7, 11) is 0. The van der Waals surface area contributed by atoms with Crippen LogP contribution in [0.2, 0.25) is 0 Å². The fraction of sp³-hybridized carbons (Fsp3) is 0.889. The van der Waals surface area contributed by atoms with Gasteiger partial charge in [-0.1, -0.05) is 12.8 Å². The molecule has 1 aliphatic carbocycles. The predicted octanol–water partition coefficient (Wildman–Crippen LogP) is 2.89. The third-order valence-electron chi connectivity index (χ3n) is 2.47. The van der Waals surface area contributed by atoms with Crippen LogP contribution in [0.1, 0.15) is 39.5 Å². The van der Waals surface area contributed by atoms with Crippen molar-refractivity contribution in [1.82, 2.24) is 0 Å². The van der Waals surface area contributed by atoms with Gasteiger partial charge in [0.15, 0.2) is 0 Å². The molecule has 1 saturated carbocycles. The average Bonchev–Trinajstić information content (AvgIpc) is 2.36. The largest absolute Gasteiger partial charge is 0.452 e. The number of hydrogen-bond acceptors (Lipinski definition) is 2. The molecule has 0 aromatic heterocycles. The monoisotopic (exact) mass is 282 g/mol. The van der Waals surface area contributed by atoms with Crippen LogP contribution in [-0.2, 0) is 9.53 Å². The van der Waals surface area contributed by atoms with Gasteiger partial charge in [-0.25, -0.2) is 0 Å². The van der Waals surface area contributed by atoms with E-state index in [1.807, 2.05) is 13.8 Å². The van der Waals surface area contributed by atoms with Crippen molar-refractivity contribution >= 4 is 28.6 Å². The molecule has 1 atom stereocenters. The van der Waals surface area contributed by atoms with E-state index >= 15 is 0 Å². The average molecular weight is 282 g/mol. The Morgan fingerprint density at radius 1 is 1.50 bits per heavy atom. The Balaban J connectivity index is 2.50. The number of hydrogen-bond donors (Lipinski definition) is 0. The second kappa shape index (κ2) is 3.94. The van der Waals surface area contributed by atoms with Gasteiger partial charge in [0.25, 0.3) is 0 Å². The van der Waals surface area contributed by atoms with Gasteiger partial charge in [-0.3, -0.25) is 4.79 Å². The topological polar surface area (TPSA) is 26.3 Å². The summed E-state index contributed by atoms with van der Waals surface area (Å²) in [5.74, 6) is -0.0121. The van der Waals surface area contributed by atoms with E-state index < -0.39 is 0 Å². The lowest BCUT2D eigenvalue weighted by atomic mass is 9.89. The maximum atomic E-state index is 11.6. The first-order valence-corrected chi connectivity index (χ1v) is 5.64. The van der Waals surface area contributed by atoms with E-state index in [1.54, 1.807) is 0 Å². The van der Waals surface area contributed by atoms with Crippen molar-refractivity contribution in [2.75, 3.05) is 0 Å². The van der Waals surface area contributed by atoms with Crippen LogP contribution in [-0.4, -0.2) is 10.1 Å². The van der Waals surface area contributed by atoms with Crippen molar-refractivity contribution in [2.24, 2.45) is 5.41 Å². The van der Waals surface area contributed by atoms with Crippen molar-refractivity contribution in [3.8, 4) is 0 Å². The van der Waals surface area contributed by atoms with Gasteiger partial charge in [0.2, 0.25) is 0 Å². The molecule has 0 N–H and O–H groups in total. The van der Waals surface area contributed by atoms with E-state index in [0.717, 1.165) is 12.8 Å². The summed E-state index contributed by atoms with van der Waals surface area (Å²) in [6.45, 7) is 3.90. The number of esters is 1. The summed E-state index contributed by atoms with van der Waals surface area (Å²) in [6.07, 6.45) is 4.33. The first kappa shape index (κ1) is 10.3. The molecule has 1 fully saturated rings. The van der Waals surface area contributed by atoms with Gasteiger partial charge >= 0.3 is 5.97 Å². The molecule has 0 aromatic rings. The Morgan fingerprint density at radius 2 is 2.00 bits per heavy atom. The van der Waals surface area contributed by atoms with Gasteiger partial charge in [0, 0.05) is 0 Å². The van der Waals surface area contributed by atoms with Crippen LogP contribution in [0.5, 0.6) is 0 Å². The third kappa shape index (κ3) is 2.34. The van der Waals surface area contributed by atoms with Crippen LogP contribution in [0, 0.1) is 5.41 Å². The maximum absolute atomic E-state index is 11.6. The highest BCUT2D eigenvalue weighted by molar-refractivity contribution is 14.1. The molecule has 0 heterocycles. The van der Waals surface area contributed by atoms with Crippen molar-refractivity contribution in [3.63, 3.8) is 0 Å². The molecule has 0 aromatic carbocycles. The molecule has 0 spiro atoms. The molecule has 0 saturated heterocycles. The maximum Gasteiger partial charge on any atom is 0.312 e. The molecular weight excluding hydrogens is 267 g/mol. The van der Waals surface area contributed by atoms with Crippen molar-refractivity contribution in [1.29, 1.82) is 0 Å². The zero-order chi connectivity index (χ0) is 9.19. The van der Waals surface area contributed by atoms with Gasteiger partial charge in [-0.05, 0) is 49.3 Å². The van der Waals surface area contributed by atoms with E-state index in [2.05, 4.69) is 22.6 Å². The fourth-order valence-corrected chi connectivity index (χ4v) is 1.88. The zero-order valence-electron chi connectivity index (χ0n) is 7.60. The Morgan fingerprint density at radius 3 is 2.42 bits per heavy atom. The van der Waals surface area contributed by atoms with Gasteiger partial charge in [-0.2, -0.15) is 0 Å². The van der Waals surface area contributed by atoms with E-state index in [-0.39, 0.29) is 15.5 Å². The van der Waals surface area contributed by atoms with Crippen LogP contribution in [0.25, 0.3) is 0 Å². The lowest BCUT2D eigenvalue weighted by Crippen LogP contribution is -2.28. The zero-order valence-corrected chi connectivity index (χ0v) is 9.76. The number of halogens is 1. The molecule has 70 valence electrons. The van der Waals surface area contributed by atoms with Crippen molar-refractivity contribution in [2.45, 2.75) is 43.6 Å². The van der Waals surface area contributed by atoms with Crippen LogP contribution in [0.15, 0.2) is 0 Å². The summed E-state index contributed by atoms with van der Waals surface area (Å²) in [4.78, 5) is 11.6. The quantitative estimate of drug-likeness (QED) is 0.442. The van der Waals surface area contributed by atoms with E-state index in [9.17, 15) is 4.79 Å². The van der Waals surface area contributed by atoms with Crippen LogP contribution < -0.4 is 0 Å². The van der Waals surface area contributed by atoms with Crippen LogP contribution in [0.3, 0.4) is 0 Å². The van der Waals surface area contributed by atoms with Crippen molar-refractivity contribution < 1.29 is 9.53 Å². The molecular formula is C9H15IO2. The molecule has 12 heavy (non-hydrogen) atoms. The minimum Gasteiger partial charge on any atom is -0.452 e. The van der Waals surface area contributed by atoms with E-state index in [0.29, 0.717) is 0 Å². The lowest BCUT2D eigenvalue weighted by Gasteiger charge is -2.21. The summed E-state index contributed by atoms with van der Waals surface area (Å²) in [5, 5.41) is 0. The smallest absolute Gasteiger partial charge is 0.312 e. The molecule has 1 unspecified atom stereocenters. The molecule has 1 rings (SSSR count). The molecule has 1 aliphatic rings. The first-order chi connectivity index (χ1) is 5.54. The van der Waals surface area contributed by atoms with Crippen LogP contribution in [0.4, 0.5) is 0 Å². The SMILES string of the molecule is CC(I)OC(=O)C1(C)CCCC1. The highest BCUT2D eigenvalue weighted by Gasteiger charge is 2.38. The molecule has 0 bridgehead atoms. The Hall–Kier alpha value is 0.200. The number of carbonyl (C=O) groups excluding carboxylic acids is 1. The van der Waals surface area contributed by atoms with Crippen LogP contribution >= 0.6 is 22.6 Å². The third-order valence-corrected chi connectivity index (χ3v) is 2.72. The predicted molar refractivity (Wildman–Crippen MR) is 56.1 cm³/mol. The Bertz CT molecular complexity index is 171. The normalized spacial score (nSPS) is 23.6. The second-order valence-electron chi connectivity index (χ2n) is 3.72. The van der Waals surface area contributed by atoms with E-state index in [1.165, 1.54) is 12.8 Å². The highest BCUT2D eigenvalue weighted by atomic mass is 127. The molecule has 0 radical (unpaired) electrons. The molecule has 0 aliphatic heterocycles. The van der Waals surface area contributed by atoms with E-state index in [4.69, 9.17) is 4.74 Å². The first-order valence-electron chi connectivity index (χ1n) is 4.40. The van der Waals surface area contributed by atoms with Crippen molar-refractivity contribution in [3.05, 3.63) is 0 Å². The summed E-state index contributed by atoms with van der Waals surface area (Å²) < 4.78 is 5.18. The molecule has 2 nitrogen and oxygen atoms in total. The standard InChI is InChI=1S/C9H15IO2/c1-7(10)12-8(11)9(2)5-3-4-6-9/h7H,3-6H2,1-2H3. The minimum absolute atomic E-state index is 0.00692. The summed E-state index contributed by atoms with van der Waals surface area (Å²) in [5.41, 5.74) is -0.181. The van der Waals surface area contributed by atoms with Gasteiger partial charge in [-0.15, -0.1) is 0 Å². The number of ether oxygens (including phenoxy) is 1. The second-order valence-corrected chi connectivity index (χ2v) is 5.47. The van der Waals surface area contributed by atoms with Gasteiger partial charge in [0.1, 0.15) is 4.11 Å². The highest BCUT2D eigenvalue weighted by Crippen LogP contribution is 2.38. The summed E-state index contributed by atoms with van der Waals surface area (Å²) in [6, 6.07) is 0. The Kier molecular flexibility index (Phi) is 3.37. The number of rotatable bonds is 2. The number of carbonyl (C=O) groups is 1. The van der Waals surface area contributed by atoms with Gasteiger partial charge < -0.3 is 4.74 Å². The Labute approximate surface area is 87.2 Å². The molecule has 3 heteroatoms.